The van der Waals surface area contributed by atoms with Gasteiger partial charge < -0.3 is 10.1 Å². The summed E-state index contributed by atoms with van der Waals surface area (Å²) in [4.78, 5) is 4.44. The maximum Gasteiger partial charge on any atom is 0.293 e. The summed E-state index contributed by atoms with van der Waals surface area (Å²) in [5.74, 6) is 0.876. The van der Waals surface area contributed by atoms with Crippen LogP contribution in [-0.4, -0.2) is 28.6 Å². The Bertz CT molecular complexity index is 339. The summed E-state index contributed by atoms with van der Waals surface area (Å²) in [5.41, 5.74) is 0.00618. The van der Waals surface area contributed by atoms with E-state index < -0.39 is 0 Å². The van der Waals surface area contributed by atoms with Gasteiger partial charge in [-0.15, -0.1) is 0 Å². The lowest BCUT2D eigenvalue weighted by Crippen LogP contribution is -2.34. The minimum Gasteiger partial charge on any atom is -0.466 e. The van der Waals surface area contributed by atoms with Crippen molar-refractivity contribution in [3.05, 3.63) is 5.82 Å². The van der Waals surface area contributed by atoms with Gasteiger partial charge in [-0.2, -0.15) is 9.36 Å². The van der Waals surface area contributed by atoms with Gasteiger partial charge in [0.1, 0.15) is 6.10 Å². The largest absolute Gasteiger partial charge is 0.466 e. The summed E-state index contributed by atoms with van der Waals surface area (Å²) in [7, 11) is 0. The third-order valence-electron chi connectivity index (χ3n) is 2.63. The molecule has 1 saturated heterocycles. The van der Waals surface area contributed by atoms with Crippen LogP contribution in [0.1, 0.15) is 39.4 Å². The van der Waals surface area contributed by atoms with Crippen LogP contribution >= 0.6 is 11.5 Å². The van der Waals surface area contributed by atoms with E-state index in [4.69, 9.17) is 4.74 Å². The predicted octanol–water partition coefficient (Wildman–Crippen LogP) is 1.97. The van der Waals surface area contributed by atoms with Crippen LogP contribution in [-0.2, 0) is 5.41 Å². The Morgan fingerprint density at radius 2 is 2.00 bits per heavy atom. The quantitative estimate of drug-likeness (QED) is 0.860. The molecule has 0 aliphatic carbocycles. The van der Waals surface area contributed by atoms with E-state index in [0.717, 1.165) is 36.9 Å². The first kappa shape index (κ1) is 11.8. The lowest BCUT2D eigenvalue weighted by Gasteiger charge is -2.22. The molecule has 5 heteroatoms. The molecule has 2 rings (SSSR count). The van der Waals surface area contributed by atoms with Crippen LogP contribution in [0.5, 0.6) is 5.19 Å². The summed E-state index contributed by atoms with van der Waals surface area (Å²) in [6.45, 7) is 8.42. The van der Waals surface area contributed by atoms with Crippen LogP contribution in [0.15, 0.2) is 0 Å². The highest BCUT2D eigenvalue weighted by atomic mass is 32.1. The van der Waals surface area contributed by atoms with E-state index in [9.17, 15) is 0 Å². The molecule has 1 aliphatic heterocycles. The Labute approximate surface area is 101 Å². The first-order chi connectivity index (χ1) is 7.55. The molecule has 90 valence electrons. The Hall–Kier alpha value is -0.680. The number of piperidine rings is 1. The molecular formula is C11H19N3OS. The van der Waals surface area contributed by atoms with Crippen molar-refractivity contribution in [1.82, 2.24) is 14.7 Å². The van der Waals surface area contributed by atoms with E-state index >= 15 is 0 Å². The van der Waals surface area contributed by atoms with Crippen LogP contribution < -0.4 is 10.1 Å². The first-order valence-corrected chi connectivity index (χ1v) is 6.54. The van der Waals surface area contributed by atoms with E-state index in [1.165, 1.54) is 11.5 Å². The van der Waals surface area contributed by atoms with E-state index in [1.807, 2.05) is 0 Å². The van der Waals surface area contributed by atoms with E-state index in [2.05, 4.69) is 35.4 Å². The second-order valence-corrected chi connectivity index (χ2v) is 5.92. The molecule has 2 heterocycles. The summed E-state index contributed by atoms with van der Waals surface area (Å²) in [6.07, 6.45) is 2.43. The van der Waals surface area contributed by atoms with Crippen LogP contribution in [0.25, 0.3) is 0 Å². The predicted molar refractivity (Wildman–Crippen MR) is 65.1 cm³/mol. The molecule has 0 bridgehead atoms. The van der Waals surface area contributed by atoms with Gasteiger partial charge in [-0.25, -0.2) is 0 Å². The monoisotopic (exact) mass is 241 g/mol. The van der Waals surface area contributed by atoms with Crippen molar-refractivity contribution in [3.8, 4) is 5.19 Å². The van der Waals surface area contributed by atoms with Crippen LogP contribution in [0.2, 0.25) is 0 Å². The molecule has 0 atom stereocenters. The maximum absolute atomic E-state index is 5.84. The molecule has 1 aromatic heterocycles. The summed E-state index contributed by atoms with van der Waals surface area (Å²) in [5, 5.41) is 4.04. The van der Waals surface area contributed by atoms with Gasteiger partial charge in [0.05, 0.1) is 0 Å². The van der Waals surface area contributed by atoms with Crippen molar-refractivity contribution in [3.63, 3.8) is 0 Å². The second kappa shape index (κ2) is 4.67. The molecule has 0 spiro atoms. The molecule has 1 aliphatic rings. The van der Waals surface area contributed by atoms with Crippen molar-refractivity contribution in [2.45, 2.75) is 45.1 Å². The number of rotatable bonds is 2. The van der Waals surface area contributed by atoms with E-state index in [0.29, 0.717) is 6.10 Å². The van der Waals surface area contributed by atoms with Crippen molar-refractivity contribution < 1.29 is 4.74 Å². The van der Waals surface area contributed by atoms with Crippen molar-refractivity contribution in [2.24, 2.45) is 0 Å². The second-order valence-electron chi connectivity index (χ2n) is 5.20. The average Bonchev–Trinajstić information content (AvgIpc) is 2.67. The minimum atomic E-state index is 0.00618. The van der Waals surface area contributed by atoms with Gasteiger partial charge in [-0.3, -0.25) is 0 Å². The molecule has 1 fully saturated rings. The number of nitrogens with zero attached hydrogens (tertiary/aromatic N) is 2. The Morgan fingerprint density at radius 1 is 1.31 bits per heavy atom. The van der Waals surface area contributed by atoms with Gasteiger partial charge in [0.25, 0.3) is 5.19 Å². The third-order valence-corrected chi connectivity index (χ3v) is 3.24. The van der Waals surface area contributed by atoms with Gasteiger partial charge in [0.2, 0.25) is 0 Å². The number of ether oxygens (including phenoxy) is 1. The molecule has 0 saturated carbocycles. The molecule has 0 aromatic carbocycles. The number of hydrogen-bond donors (Lipinski definition) is 1. The lowest BCUT2D eigenvalue weighted by molar-refractivity contribution is 0.161. The zero-order valence-corrected chi connectivity index (χ0v) is 10.9. The normalized spacial score (nSPS) is 18.7. The molecule has 1 N–H and O–H groups in total. The smallest absolute Gasteiger partial charge is 0.293 e. The van der Waals surface area contributed by atoms with Crippen LogP contribution in [0.4, 0.5) is 0 Å². The first-order valence-electron chi connectivity index (χ1n) is 5.77. The van der Waals surface area contributed by atoms with Gasteiger partial charge in [0, 0.05) is 16.9 Å². The van der Waals surface area contributed by atoms with Gasteiger partial charge in [0.15, 0.2) is 5.82 Å². The Morgan fingerprint density at radius 3 is 2.56 bits per heavy atom. The Kier molecular flexibility index (Phi) is 3.44. The van der Waals surface area contributed by atoms with Crippen molar-refractivity contribution in [2.75, 3.05) is 13.1 Å². The number of aromatic nitrogens is 2. The fourth-order valence-electron chi connectivity index (χ4n) is 1.62. The van der Waals surface area contributed by atoms with E-state index in [-0.39, 0.29) is 5.41 Å². The molecule has 16 heavy (non-hydrogen) atoms. The number of nitrogens with one attached hydrogen (secondary N) is 1. The average molecular weight is 241 g/mol. The van der Waals surface area contributed by atoms with Crippen molar-refractivity contribution in [1.29, 1.82) is 0 Å². The SMILES string of the molecule is CC(C)(C)c1nsc(OC2CCNCC2)n1. The molecule has 4 nitrogen and oxygen atoms in total. The zero-order chi connectivity index (χ0) is 11.6. The van der Waals surface area contributed by atoms with E-state index in [1.54, 1.807) is 0 Å². The third kappa shape index (κ3) is 2.92. The zero-order valence-electron chi connectivity index (χ0n) is 10.1. The fraction of sp³-hybridized carbons (Fsp3) is 0.818. The lowest BCUT2D eigenvalue weighted by atomic mass is 9.96. The Balaban J connectivity index is 1.97. The highest BCUT2D eigenvalue weighted by molar-refractivity contribution is 7.07. The molecule has 1 aromatic rings. The molecule has 0 amide bonds. The molecule has 0 radical (unpaired) electrons. The number of hydrogen-bond acceptors (Lipinski definition) is 5. The topological polar surface area (TPSA) is 47.0 Å². The summed E-state index contributed by atoms with van der Waals surface area (Å²) < 4.78 is 10.2. The maximum atomic E-state index is 5.84. The highest BCUT2D eigenvalue weighted by Gasteiger charge is 2.22. The highest BCUT2D eigenvalue weighted by Crippen LogP contribution is 2.25. The summed E-state index contributed by atoms with van der Waals surface area (Å²) >= 11 is 1.37. The van der Waals surface area contributed by atoms with Crippen LogP contribution in [0.3, 0.4) is 0 Å². The van der Waals surface area contributed by atoms with Crippen LogP contribution in [0, 0.1) is 0 Å². The molecular weight excluding hydrogens is 222 g/mol. The minimum absolute atomic E-state index is 0.00618. The van der Waals surface area contributed by atoms with Gasteiger partial charge >= 0.3 is 0 Å². The van der Waals surface area contributed by atoms with Crippen molar-refractivity contribution >= 4 is 11.5 Å². The standard InChI is InChI=1S/C11H19N3OS/c1-11(2,3)9-13-10(16-14-9)15-8-4-6-12-7-5-8/h8,12H,4-7H2,1-3H3. The molecule has 0 unspecified atom stereocenters. The van der Waals surface area contributed by atoms with Gasteiger partial charge in [-0.1, -0.05) is 20.8 Å². The fourth-order valence-corrected chi connectivity index (χ4v) is 2.40. The summed E-state index contributed by atoms with van der Waals surface area (Å²) in [6, 6.07) is 0. The van der Waals surface area contributed by atoms with Gasteiger partial charge in [-0.05, 0) is 25.9 Å².